The zero-order valence-corrected chi connectivity index (χ0v) is 13.1. The molecule has 1 fully saturated rings. The lowest BCUT2D eigenvalue weighted by Crippen LogP contribution is -2.15. The van der Waals surface area contributed by atoms with E-state index in [0.717, 1.165) is 67.9 Å². The average molecular weight is 302 g/mol. The molecule has 0 amide bonds. The molecule has 7 heteroatoms. The van der Waals surface area contributed by atoms with Crippen LogP contribution in [0.1, 0.15) is 41.8 Å². The van der Waals surface area contributed by atoms with Crippen LogP contribution in [0.4, 0.5) is 5.82 Å². The van der Waals surface area contributed by atoms with Crippen molar-refractivity contribution in [1.29, 1.82) is 0 Å². The first-order valence-electron chi connectivity index (χ1n) is 7.75. The van der Waals surface area contributed by atoms with Gasteiger partial charge in [-0.05, 0) is 26.7 Å². The van der Waals surface area contributed by atoms with Crippen LogP contribution in [-0.4, -0.2) is 44.9 Å². The van der Waals surface area contributed by atoms with Gasteiger partial charge in [-0.25, -0.2) is 15.0 Å². The van der Waals surface area contributed by atoms with E-state index in [1.807, 2.05) is 20.0 Å². The predicted octanol–water partition coefficient (Wildman–Crippen LogP) is 1.76. The highest BCUT2D eigenvalue weighted by Gasteiger charge is 2.19. The van der Waals surface area contributed by atoms with Gasteiger partial charge in [0.25, 0.3) is 0 Å². The third-order valence-electron chi connectivity index (χ3n) is 3.88. The molecule has 0 radical (unpaired) electrons. The maximum absolute atomic E-state index is 5.37. The molecule has 1 aliphatic heterocycles. The van der Waals surface area contributed by atoms with Crippen LogP contribution in [0.15, 0.2) is 6.20 Å². The Balaban J connectivity index is 1.53. The third kappa shape index (κ3) is 3.59. The maximum atomic E-state index is 5.37. The molecule has 0 bridgehead atoms. The van der Waals surface area contributed by atoms with Crippen molar-refractivity contribution in [2.75, 3.05) is 25.1 Å². The molecule has 22 heavy (non-hydrogen) atoms. The van der Waals surface area contributed by atoms with Crippen molar-refractivity contribution in [2.24, 2.45) is 0 Å². The summed E-state index contributed by atoms with van der Waals surface area (Å²) in [5.74, 6) is 3.93. The smallest absolute Gasteiger partial charge is 0.153 e. The van der Waals surface area contributed by atoms with Gasteiger partial charge in [-0.15, -0.1) is 0 Å². The van der Waals surface area contributed by atoms with Crippen LogP contribution in [0.5, 0.6) is 0 Å². The van der Waals surface area contributed by atoms with E-state index in [2.05, 4.69) is 30.5 Å². The lowest BCUT2D eigenvalue weighted by atomic mass is 10.00. The number of hydrogen-bond acceptors (Lipinski definition) is 6. The largest absolute Gasteiger partial charge is 0.381 e. The van der Waals surface area contributed by atoms with Crippen LogP contribution < -0.4 is 5.32 Å². The predicted molar refractivity (Wildman–Crippen MR) is 82.9 cm³/mol. The number of aryl methyl sites for hydroxylation is 2. The number of aromatic nitrogens is 5. The quantitative estimate of drug-likeness (QED) is 0.875. The Morgan fingerprint density at radius 3 is 2.91 bits per heavy atom. The number of hydrogen-bond donors (Lipinski definition) is 2. The first-order chi connectivity index (χ1) is 10.7. The van der Waals surface area contributed by atoms with Gasteiger partial charge in [0.15, 0.2) is 5.82 Å². The van der Waals surface area contributed by atoms with Crippen molar-refractivity contribution in [1.82, 2.24) is 25.1 Å². The summed E-state index contributed by atoms with van der Waals surface area (Å²) in [7, 11) is 0. The van der Waals surface area contributed by atoms with Crippen LogP contribution in [0.25, 0.3) is 0 Å². The fraction of sp³-hybridized carbons (Fsp3) is 0.600. The normalized spacial score (nSPS) is 15.9. The van der Waals surface area contributed by atoms with Gasteiger partial charge in [-0.1, -0.05) is 0 Å². The fourth-order valence-electron chi connectivity index (χ4n) is 2.57. The minimum absolute atomic E-state index is 0.429. The Bertz CT molecular complexity index is 620. The SMILES string of the molecule is Cc1ncc(C)c(NCCc2nc(C3CCOCC3)n[nH]2)n1. The number of ether oxygens (including phenoxy) is 1. The Morgan fingerprint density at radius 1 is 1.27 bits per heavy atom. The van der Waals surface area contributed by atoms with E-state index < -0.39 is 0 Å². The molecular formula is C15H22N6O. The van der Waals surface area contributed by atoms with Gasteiger partial charge in [0, 0.05) is 43.9 Å². The minimum atomic E-state index is 0.429. The summed E-state index contributed by atoms with van der Waals surface area (Å²) >= 11 is 0. The van der Waals surface area contributed by atoms with Gasteiger partial charge in [0.05, 0.1) is 0 Å². The summed E-state index contributed by atoms with van der Waals surface area (Å²) in [6.45, 7) is 6.27. The van der Waals surface area contributed by atoms with Gasteiger partial charge in [0.1, 0.15) is 17.5 Å². The van der Waals surface area contributed by atoms with Gasteiger partial charge in [-0.3, -0.25) is 5.10 Å². The topological polar surface area (TPSA) is 88.6 Å². The molecule has 7 nitrogen and oxygen atoms in total. The molecular weight excluding hydrogens is 280 g/mol. The lowest BCUT2D eigenvalue weighted by Gasteiger charge is -2.18. The Labute approximate surface area is 129 Å². The Kier molecular flexibility index (Phi) is 4.62. The van der Waals surface area contributed by atoms with E-state index in [1.165, 1.54) is 0 Å². The highest BCUT2D eigenvalue weighted by molar-refractivity contribution is 5.41. The zero-order valence-electron chi connectivity index (χ0n) is 13.1. The molecule has 3 heterocycles. The van der Waals surface area contributed by atoms with E-state index in [0.29, 0.717) is 5.92 Å². The molecule has 1 aliphatic rings. The van der Waals surface area contributed by atoms with Gasteiger partial charge in [0.2, 0.25) is 0 Å². The van der Waals surface area contributed by atoms with Gasteiger partial charge < -0.3 is 10.1 Å². The number of nitrogens with one attached hydrogen (secondary N) is 2. The van der Waals surface area contributed by atoms with Crippen molar-refractivity contribution >= 4 is 5.82 Å². The van der Waals surface area contributed by atoms with E-state index in [9.17, 15) is 0 Å². The third-order valence-corrected chi connectivity index (χ3v) is 3.88. The monoisotopic (exact) mass is 302 g/mol. The molecule has 118 valence electrons. The van der Waals surface area contributed by atoms with Crippen LogP contribution in [0.2, 0.25) is 0 Å². The summed E-state index contributed by atoms with van der Waals surface area (Å²) in [4.78, 5) is 13.2. The van der Waals surface area contributed by atoms with Crippen molar-refractivity contribution < 1.29 is 4.74 Å². The van der Waals surface area contributed by atoms with Gasteiger partial charge in [-0.2, -0.15) is 5.10 Å². The minimum Gasteiger partial charge on any atom is -0.381 e. The summed E-state index contributed by atoms with van der Waals surface area (Å²) < 4.78 is 5.37. The zero-order chi connectivity index (χ0) is 15.4. The van der Waals surface area contributed by atoms with Crippen molar-refractivity contribution in [3.8, 4) is 0 Å². The Morgan fingerprint density at radius 2 is 2.09 bits per heavy atom. The molecule has 0 unspecified atom stereocenters. The summed E-state index contributed by atoms with van der Waals surface area (Å²) in [6, 6.07) is 0. The number of nitrogens with zero attached hydrogens (tertiary/aromatic N) is 4. The lowest BCUT2D eigenvalue weighted by molar-refractivity contribution is 0.0836. The fourth-order valence-corrected chi connectivity index (χ4v) is 2.57. The van der Waals surface area contributed by atoms with Crippen molar-refractivity contribution in [2.45, 2.75) is 39.0 Å². The summed E-state index contributed by atoms with van der Waals surface area (Å²) in [6.07, 6.45) is 4.64. The highest BCUT2D eigenvalue weighted by atomic mass is 16.5. The molecule has 0 spiro atoms. The number of rotatable bonds is 5. The summed E-state index contributed by atoms with van der Waals surface area (Å²) in [5, 5.41) is 10.7. The van der Waals surface area contributed by atoms with E-state index in [1.54, 1.807) is 0 Å². The number of aromatic amines is 1. The molecule has 3 rings (SSSR count). The molecule has 2 aromatic rings. The molecule has 0 saturated carbocycles. The van der Waals surface area contributed by atoms with Crippen LogP contribution in [0.3, 0.4) is 0 Å². The van der Waals surface area contributed by atoms with Crippen LogP contribution in [-0.2, 0) is 11.2 Å². The van der Waals surface area contributed by atoms with Gasteiger partial charge >= 0.3 is 0 Å². The molecule has 0 aliphatic carbocycles. The standard InChI is InChI=1S/C15H22N6O/c1-10-9-17-11(2)18-14(10)16-6-3-13-19-15(21-20-13)12-4-7-22-8-5-12/h9,12H,3-8H2,1-2H3,(H,16,17,18)(H,19,20,21). The maximum Gasteiger partial charge on any atom is 0.153 e. The van der Waals surface area contributed by atoms with Crippen molar-refractivity contribution in [3.05, 3.63) is 29.2 Å². The first-order valence-corrected chi connectivity index (χ1v) is 7.75. The number of anilines is 1. The van der Waals surface area contributed by atoms with Crippen LogP contribution in [0, 0.1) is 13.8 Å². The second-order valence-corrected chi connectivity index (χ2v) is 5.65. The van der Waals surface area contributed by atoms with Crippen molar-refractivity contribution in [3.63, 3.8) is 0 Å². The van der Waals surface area contributed by atoms with Crippen LogP contribution >= 0.6 is 0 Å². The first kappa shape index (κ1) is 14.9. The number of H-pyrrole nitrogens is 1. The molecule has 1 saturated heterocycles. The highest BCUT2D eigenvalue weighted by Crippen LogP contribution is 2.23. The molecule has 0 aromatic carbocycles. The van der Waals surface area contributed by atoms with E-state index in [4.69, 9.17) is 4.74 Å². The summed E-state index contributed by atoms with van der Waals surface area (Å²) in [5.41, 5.74) is 1.05. The van der Waals surface area contributed by atoms with E-state index >= 15 is 0 Å². The second-order valence-electron chi connectivity index (χ2n) is 5.65. The molecule has 2 aromatic heterocycles. The molecule has 0 atom stereocenters. The second kappa shape index (κ2) is 6.83. The Hall–Kier alpha value is -2.02. The van der Waals surface area contributed by atoms with E-state index in [-0.39, 0.29) is 0 Å². The average Bonchev–Trinajstić information content (AvgIpc) is 3.00. The molecule has 2 N–H and O–H groups in total.